The Bertz CT molecular complexity index is 1050. The Morgan fingerprint density at radius 1 is 1.26 bits per heavy atom. The van der Waals surface area contributed by atoms with Gasteiger partial charge in [0.1, 0.15) is 11.3 Å². The van der Waals surface area contributed by atoms with Gasteiger partial charge in [-0.05, 0) is 44.5 Å². The molecular weight excluding hydrogens is 342 g/mol. The molecule has 0 spiro atoms. The highest BCUT2D eigenvalue weighted by atomic mass is 16.4. The molecule has 1 atom stereocenters. The van der Waals surface area contributed by atoms with Crippen molar-refractivity contribution in [2.75, 3.05) is 19.6 Å². The molecule has 2 aromatic heterocycles. The summed E-state index contributed by atoms with van der Waals surface area (Å²) < 4.78 is 7.17. The van der Waals surface area contributed by atoms with Gasteiger partial charge in [-0.1, -0.05) is 18.6 Å². The minimum Gasteiger partial charge on any atom is -0.422 e. The summed E-state index contributed by atoms with van der Waals surface area (Å²) in [5, 5.41) is 4.27. The molecule has 1 fully saturated rings. The first kappa shape index (κ1) is 17.8. The summed E-state index contributed by atoms with van der Waals surface area (Å²) in [7, 11) is 1.82. The Morgan fingerprint density at radius 2 is 2.07 bits per heavy atom. The number of nitrogens with zero attached hydrogens (tertiary/aromatic N) is 2. The van der Waals surface area contributed by atoms with Crippen molar-refractivity contribution in [1.82, 2.24) is 14.8 Å². The Labute approximate surface area is 157 Å². The average molecular weight is 367 g/mol. The lowest BCUT2D eigenvalue weighted by molar-refractivity contribution is 0.0931. The predicted octanol–water partition coefficient (Wildman–Crippen LogP) is 2.89. The predicted molar refractivity (Wildman–Crippen MR) is 106 cm³/mol. The second-order valence-electron chi connectivity index (χ2n) is 7.37. The summed E-state index contributed by atoms with van der Waals surface area (Å²) in [6.07, 6.45) is 3.74. The molecule has 6 heteroatoms. The fourth-order valence-electron chi connectivity index (χ4n) is 4.10. The number of aromatic nitrogens is 1. The number of hydrogen-bond donors (Lipinski definition) is 1. The molecule has 1 aliphatic rings. The highest BCUT2D eigenvalue weighted by Gasteiger charge is 2.20. The van der Waals surface area contributed by atoms with Crippen molar-refractivity contribution in [3.63, 3.8) is 0 Å². The summed E-state index contributed by atoms with van der Waals surface area (Å²) in [4.78, 5) is 27.5. The molecule has 0 unspecified atom stereocenters. The van der Waals surface area contributed by atoms with Crippen LogP contribution in [0, 0.1) is 0 Å². The van der Waals surface area contributed by atoms with E-state index in [2.05, 4.69) is 17.1 Å². The first-order chi connectivity index (χ1) is 13.1. The van der Waals surface area contributed by atoms with E-state index in [9.17, 15) is 9.59 Å². The number of carbonyl (C=O) groups excluding carboxylic acids is 1. The second-order valence-corrected chi connectivity index (χ2v) is 7.37. The van der Waals surface area contributed by atoms with E-state index in [1.165, 1.54) is 19.3 Å². The van der Waals surface area contributed by atoms with E-state index in [-0.39, 0.29) is 5.91 Å². The van der Waals surface area contributed by atoms with E-state index >= 15 is 0 Å². The van der Waals surface area contributed by atoms with Gasteiger partial charge >= 0.3 is 5.63 Å². The zero-order valence-corrected chi connectivity index (χ0v) is 15.8. The maximum absolute atomic E-state index is 12.7. The van der Waals surface area contributed by atoms with Gasteiger partial charge in [0.05, 0.1) is 10.9 Å². The number of nitrogens with one attached hydrogen (secondary N) is 1. The Hall–Kier alpha value is -2.60. The fraction of sp³-hybridized carbons (Fsp3) is 0.429. The van der Waals surface area contributed by atoms with Gasteiger partial charge in [0.25, 0.3) is 5.91 Å². The molecule has 1 N–H and O–H groups in total. The SMILES string of the molecule is C[C@@H]1CCCCN1CCNC(=O)c1cc2c(=O)oc3ccccc3c2n1C. The molecule has 1 saturated heterocycles. The van der Waals surface area contributed by atoms with E-state index in [4.69, 9.17) is 4.42 Å². The topological polar surface area (TPSA) is 67.5 Å². The highest BCUT2D eigenvalue weighted by Crippen LogP contribution is 2.25. The number of amides is 1. The smallest absolute Gasteiger partial charge is 0.345 e. The van der Waals surface area contributed by atoms with Crippen molar-refractivity contribution in [3.05, 3.63) is 46.4 Å². The zero-order valence-electron chi connectivity index (χ0n) is 15.8. The maximum atomic E-state index is 12.7. The van der Waals surface area contributed by atoms with Crippen molar-refractivity contribution in [3.8, 4) is 0 Å². The number of hydrogen-bond acceptors (Lipinski definition) is 4. The largest absolute Gasteiger partial charge is 0.422 e. The lowest BCUT2D eigenvalue weighted by atomic mass is 10.0. The van der Waals surface area contributed by atoms with Crippen LogP contribution in [0.4, 0.5) is 0 Å². The molecule has 27 heavy (non-hydrogen) atoms. The molecule has 0 saturated carbocycles. The number of carbonyl (C=O) groups is 1. The molecule has 142 valence electrons. The van der Waals surface area contributed by atoms with E-state index in [0.29, 0.717) is 29.2 Å². The van der Waals surface area contributed by atoms with Gasteiger partial charge in [0.15, 0.2) is 0 Å². The molecule has 0 aliphatic carbocycles. The Kier molecular flexibility index (Phi) is 4.74. The van der Waals surface area contributed by atoms with Crippen molar-refractivity contribution in [1.29, 1.82) is 0 Å². The number of benzene rings is 1. The number of fused-ring (bicyclic) bond motifs is 3. The van der Waals surface area contributed by atoms with Gasteiger partial charge in [0, 0.05) is 31.6 Å². The summed E-state index contributed by atoms with van der Waals surface area (Å²) in [5.74, 6) is -0.165. The number of likely N-dealkylation sites (tertiary alicyclic amines) is 1. The standard InChI is InChI=1S/C21H25N3O3/c1-14-7-5-6-11-24(14)12-10-22-20(25)17-13-16-19(23(17)2)15-8-3-4-9-18(15)27-21(16)26/h3-4,8-9,13-14H,5-7,10-12H2,1-2H3,(H,22,25)/t14-/m1/s1. The summed E-state index contributed by atoms with van der Waals surface area (Å²) in [6.45, 7) is 4.79. The minimum absolute atomic E-state index is 0.165. The third-order valence-electron chi connectivity index (χ3n) is 5.66. The van der Waals surface area contributed by atoms with Crippen LogP contribution < -0.4 is 10.9 Å². The van der Waals surface area contributed by atoms with Crippen molar-refractivity contribution in [2.45, 2.75) is 32.2 Å². The molecule has 4 rings (SSSR count). The van der Waals surface area contributed by atoms with Crippen molar-refractivity contribution >= 4 is 27.8 Å². The van der Waals surface area contributed by atoms with Gasteiger partial charge in [-0.15, -0.1) is 0 Å². The van der Waals surface area contributed by atoms with Crippen LogP contribution in [0.5, 0.6) is 0 Å². The average Bonchev–Trinajstić information content (AvgIpc) is 3.02. The summed E-state index contributed by atoms with van der Waals surface area (Å²) >= 11 is 0. The van der Waals surface area contributed by atoms with E-state index in [1.807, 2.05) is 25.2 Å². The third-order valence-corrected chi connectivity index (χ3v) is 5.66. The van der Waals surface area contributed by atoms with Gasteiger partial charge in [0.2, 0.25) is 0 Å². The lowest BCUT2D eigenvalue weighted by Gasteiger charge is -2.33. The molecule has 1 amide bonds. The first-order valence-corrected chi connectivity index (χ1v) is 9.60. The first-order valence-electron chi connectivity index (χ1n) is 9.60. The van der Waals surface area contributed by atoms with Crippen LogP contribution in [0.25, 0.3) is 21.9 Å². The van der Waals surface area contributed by atoms with Crippen LogP contribution in [0.1, 0.15) is 36.7 Å². The molecular formula is C21H25N3O3. The van der Waals surface area contributed by atoms with Crippen LogP contribution >= 0.6 is 0 Å². The molecule has 6 nitrogen and oxygen atoms in total. The second kappa shape index (κ2) is 7.19. The minimum atomic E-state index is -0.416. The molecule has 1 aromatic carbocycles. The lowest BCUT2D eigenvalue weighted by Crippen LogP contribution is -2.42. The van der Waals surface area contributed by atoms with Gasteiger partial charge < -0.3 is 14.3 Å². The third kappa shape index (κ3) is 3.25. The molecule has 1 aliphatic heterocycles. The monoisotopic (exact) mass is 367 g/mol. The molecule has 3 aromatic rings. The van der Waals surface area contributed by atoms with Gasteiger partial charge in [-0.3, -0.25) is 9.69 Å². The van der Waals surface area contributed by atoms with Crippen LogP contribution in [0.15, 0.2) is 39.5 Å². The Morgan fingerprint density at radius 3 is 2.89 bits per heavy atom. The molecule has 0 bridgehead atoms. The van der Waals surface area contributed by atoms with E-state index < -0.39 is 5.63 Å². The normalized spacial score (nSPS) is 18.2. The van der Waals surface area contributed by atoms with Gasteiger partial charge in [-0.25, -0.2) is 4.79 Å². The van der Waals surface area contributed by atoms with Crippen LogP contribution in [-0.4, -0.2) is 41.1 Å². The van der Waals surface area contributed by atoms with E-state index in [0.717, 1.165) is 24.0 Å². The molecule has 0 radical (unpaired) electrons. The number of para-hydroxylation sites is 1. The summed E-state index contributed by atoms with van der Waals surface area (Å²) in [5.41, 5.74) is 1.32. The Balaban J connectivity index is 1.57. The highest BCUT2D eigenvalue weighted by molar-refractivity contribution is 6.07. The molecule has 3 heterocycles. The fourth-order valence-corrected chi connectivity index (χ4v) is 4.10. The maximum Gasteiger partial charge on any atom is 0.345 e. The number of piperidine rings is 1. The van der Waals surface area contributed by atoms with Gasteiger partial charge in [-0.2, -0.15) is 0 Å². The van der Waals surface area contributed by atoms with Crippen LogP contribution in [0.3, 0.4) is 0 Å². The quantitative estimate of drug-likeness (QED) is 0.720. The number of aryl methyl sites for hydroxylation is 1. The van der Waals surface area contributed by atoms with Crippen LogP contribution in [0.2, 0.25) is 0 Å². The zero-order chi connectivity index (χ0) is 19.0. The van der Waals surface area contributed by atoms with E-state index in [1.54, 1.807) is 16.7 Å². The van der Waals surface area contributed by atoms with Crippen molar-refractivity contribution < 1.29 is 9.21 Å². The van der Waals surface area contributed by atoms with Crippen molar-refractivity contribution in [2.24, 2.45) is 7.05 Å². The number of rotatable bonds is 4. The summed E-state index contributed by atoms with van der Waals surface area (Å²) in [6, 6.07) is 9.60. The van der Waals surface area contributed by atoms with Crippen LogP contribution in [-0.2, 0) is 7.05 Å².